The van der Waals surface area contributed by atoms with E-state index in [9.17, 15) is 24.2 Å². The first kappa shape index (κ1) is 29.1. The van der Waals surface area contributed by atoms with Gasteiger partial charge in [-0.15, -0.1) is 0 Å². The summed E-state index contributed by atoms with van der Waals surface area (Å²) in [5.41, 5.74) is 6.89. The summed E-state index contributed by atoms with van der Waals surface area (Å²) in [5.74, 6) is -1.54. The molecule has 2 atom stereocenters. The lowest BCUT2D eigenvalue weighted by atomic mass is 9.85. The molecular weight excluding hydrogens is 534 g/mol. The van der Waals surface area contributed by atoms with E-state index >= 15 is 0 Å². The average molecular weight is 570 g/mol. The van der Waals surface area contributed by atoms with Gasteiger partial charge >= 0.3 is 5.97 Å². The number of unbranched alkanes of at least 4 members (excludes halogenated alkanes) is 1. The number of rotatable bonds is 11. The number of nitro groups is 1. The van der Waals surface area contributed by atoms with Gasteiger partial charge in [0.15, 0.2) is 0 Å². The van der Waals surface area contributed by atoms with Gasteiger partial charge in [0.2, 0.25) is 0 Å². The van der Waals surface area contributed by atoms with Crippen LogP contribution < -0.4 is 20.7 Å². The maximum absolute atomic E-state index is 13.4. The molecule has 2 aliphatic heterocycles. The molecule has 40 heavy (non-hydrogen) atoms. The molecule has 2 aliphatic rings. The van der Waals surface area contributed by atoms with Crippen LogP contribution in [0.2, 0.25) is 0 Å². The number of aliphatic carboxylic acids is 1. The lowest BCUT2D eigenvalue weighted by Gasteiger charge is -2.36. The molecule has 4 rings (SSSR count). The van der Waals surface area contributed by atoms with E-state index in [1.807, 2.05) is 18.2 Å². The minimum atomic E-state index is -1.48. The summed E-state index contributed by atoms with van der Waals surface area (Å²) in [7, 11) is 0.202. The van der Waals surface area contributed by atoms with Crippen molar-refractivity contribution in [2.45, 2.75) is 30.6 Å². The molecule has 2 aromatic carbocycles. The van der Waals surface area contributed by atoms with Crippen LogP contribution in [0.3, 0.4) is 0 Å². The number of carbonyl (C=O) groups is 1. The number of carboxylic acid groups (broad SMARTS) is 1. The van der Waals surface area contributed by atoms with Gasteiger partial charge in [0.05, 0.1) is 39.8 Å². The van der Waals surface area contributed by atoms with Crippen LogP contribution in [0.15, 0.2) is 76.2 Å². The number of hydrogen-bond donors (Lipinski definition) is 3. The second-order valence-electron chi connectivity index (χ2n) is 9.75. The second-order valence-corrected chi connectivity index (χ2v) is 11.3. The Morgan fingerprint density at radius 2 is 1.82 bits per heavy atom. The summed E-state index contributed by atoms with van der Waals surface area (Å²) in [6.07, 6.45) is 1.54. The molecular formula is C28H35N5O6S. The molecule has 12 heteroatoms. The van der Waals surface area contributed by atoms with E-state index in [4.69, 9.17) is 10.5 Å². The molecule has 0 aliphatic carbocycles. The van der Waals surface area contributed by atoms with Gasteiger partial charge in [-0.3, -0.25) is 19.2 Å². The van der Waals surface area contributed by atoms with Crippen LogP contribution in [0.5, 0.6) is 5.75 Å². The highest BCUT2D eigenvalue weighted by Gasteiger charge is 2.42. The third-order valence-electron chi connectivity index (χ3n) is 7.31. The number of methoxy groups -OCH3 is 1. The number of nitrogens with two attached hydrogens (primary N) is 1. The van der Waals surface area contributed by atoms with Crippen molar-refractivity contribution in [2.24, 2.45) is 5.73 Å². The Morgan fingerprint density at radius 1 is 1.15 bits per heavy atom. The van der Waals surface area contributed by atoms with Gasteiger partial charge in [-0.2, -0.15) is 0 Å². The van der Waals surface area contributed by atoms with E-state index < -0.39 is 27.6 Å². The molecule has 0 aromatic heterocycles. The van der Waals surface area contributed by atoms with Crippen LogP contribution >= 0.6 is 0 Å². The highest BCUT2D eigenvalue weighted by molar-refractivity contribution is 7.85. The van der Waals surface area contributed by atoms with Gasteiger partial charge in [-0.25, -0.2) is 4.79 Å². The number of piperazine rings is 1. The van der Waals surface area contributed by atoms with Crippen LogP contribution in [-0.4, -0.2) is 70.7 Å². The lowest BCUT2D eigenvalue weighted by molar-refractivity contribution is -0.431. The number of nitrogens with zero attached hydrogens (tertiary/aromatic N) is 3. The summed E-state index contributed by atoms with van der Waals surface area (Å²) < 4.78 is 18.9. The molecule has 2 aromatic rings. The van der Waals surface area contributed by atoms with E-state index in [0.29, 0.717) is 22.6 Å². The van der Waals surface area contributed by atoms with Gasteiger partial charge in [-0.05, 0) is 50.1 Å². The molecule has 214 valence electrons. The van der Waals surface area contributed by atoms with Crippen molar-refractivity contribution in [3.05, 3.63) is 87.0 Å². The third kappa shape index (κ3) is 6.28. The van der Waals surface area contributed by atoms with Crippen molar-refractivity contribution in [1.82, 2.24) is 10.2 Å². The normalized spacial score (nSPS) is 18.9. The number of dihydropyridines is 1. The fourth-order valence-electron chi connectivity index (χ4n) is 5.33. The van der Waals surface area contributed by atoms with E-state index in [1.165, 1.54) is 6.92 Å². The number of allylic oxidation sites excluding steroid dienone is 2. The number of benzene rings is 2. The lowest BCUT2D eigenvalue weighted by Crippen LogP contribution is -2.46. The van der Waals surface area contributed by atoms with Gasteiger partial charge in [0.25, 0.3) is 5.70 Å². The fraction of sp³-hybridized carbons (Fsp3) is 0.393. The SMILES string of the molecule is COc1ccccc1N1CCN(CCCCS(=O)c2ccccc2C2C(C(=O)O)=C(N)NC(C)=C2[N+](=O)[O-])CC1. The Kier molecular flexibility index (Phi) is 9.43. The van der Waals surface area contributed by atoms with Crippen LogP contribution in [0.25, 0.3) is 0 Å². The zero-order valence-corrected chi connectivity index (χ0v) is 23.5. The van der Waals surface area contributed by atoms with Crippen molar-refractivity contribution in [2.75, 3.05) is 50.5 Å². The van der Waals surface area contributed by atoms with Crippen LogP contribution in [0, 0.1) is 10.1 Å². The molecule has 0 bridgehead atoms. The van der Waals surface area contributed by atoms with Crippen LogP contribution in [0.4, 0.5) is 5.69 Å². The van der Waals surface area contributed by atoms with Crippen molar-refractivity contribution < 1.29 is 23.8 Å². The molecule has 2 heterocycles. The maximum atomic E-state index is 13.4. The Hall–Kier alpha value is -3.90. The third-order valence-corrected chi connectivity index (χ3v) is 8.84. The second kappa shape index (κ2) is 13.0. The Balaban J connectivity index is 1.38. The van der Waals surface area contributed by atoms with Crippen molar-refractivity contribution in [3.8, 4) is 5.75 Å². The van der Waals surface area contributed by atoms with Crippen LogP contribution in [-0.2, 0) is 15.6 Å². The zero-order chi connectivity index (χ0) is 28.8. The molecule has 0 saturated carbocycles. The number of carboxylic acids is 1. The summed E-state index contributed by atoms with van der Waals surface area (Å²) in [6.45, 7) is 5.98. The van der Waals surface area contributed by atoms with Crippen molar-refractivity contribution >= 4 is 22.5 Å². The summed E-state index contributed by atoms with van der Waals surface area (Å²) >= 11 is 0. The molecule has 4 N–H and O–H groups in total. The quantitative estimate of drug-likeness (QED) is 0.209. The summed E-state index contributed by atoms with van der Waals surface area (Å²) in [4.78, 5) is 28.5. The Labute approximate surface area is 235 Å². The number of ether oxygens (including phenoxy) is 1. The number of para-hydroxylation sites is 2. The first-order valence-corrected chi connectivity index (χ1v) is 14.5. The van der Waals surface area contributed by atoms with E-state index in [2.05, 4.69) is 21.2 Å². The van der Waals surface area contributed by atoms with Gasteiger partial charge < -0.3 is 25.8 Å². The molecule has 2 unspecified atom stereocenters. The molecule has 0 spiro atoms. The minimum Gasteiger partial charge on any atom is -0.495 e. The predicted octanol–water partition coefficient (Wildman–Crippen LogP) is 2.86. The first-order valence-electron chi connectivity index (χ1n) is 13.2. The van der Waals surface area contributed by atoms with Crippen molar-refractivity contribution in [3.63, 3.8) is 0 Å². The first-order chi connectivity index (χ1) is 19.2. The maximum Gasteiger partial charge on any atom is 0.336 e. The van der Waals surface area contributed by atoms with E-state index in [0.717, 1.165) is 50.6 Å². The zero-order valence-electron chi connectivity index (χ0n) is 22.7. The van der Waals surface area contributed by atoms with Crippen molar-refractivity contribution in [1.29, 1.82) is 0 Å². The number of nitrogens with one attached hydrogen (secondary N) is 1. The predicted molar refractivity (Wildman–Crippen MR) is 153 cm³/mol. The smallest absolute Gasteiger partial charge is 0.336 e. The largest absolute Gasteiger partial charge is 0.495 e. The molecule has 0 radical (unpaired) electrons. The van der Waals surface area contributed by atoms with Crippen LogP contribution in [0.1, 0.15) is 31.2 Å². The summed E-state index contributed by atoms with van der Waals surface area (Å²) in [6, 6.07) is 14.6. The number of hydrogen-bond acceptors (Lipinski definition) is 9. The standard InChI is InChI=1S/C28H35N5O6S/c1-19-26(33(36)37)24(25(28(34)35)27(29)30-19)20-9-3-6-12-23(20)40(38)18-8-7-13-31-14-16-32(17-15-31)21-10-4-5-11-22(21)39-2/h3-6,9-12,24,30H,7-8,13-18,29H2,1-2H3,(H,34,35). The van der Waals surface area contributed by atoms with Gasteiger partial charge in [0, 0.05) is 36.8 Å². The number of anilines is 1. The summed E-state index contributed by atoms with van der Waals surface area (Å²) in [5, 5.41) is 24.4. The molecule has 11 nitrogen and oxygen atoms in total. The Morgan fingerprint density at radius 3 is 2.50 bits per heavy atom. The molecule has 1 fully saturated rings. The van der Waals surface area contributed by atoms with Gasteiger partial charge in [-0.1, -0.05) is 30.3 Å². The Bertz CT molecular complexity index is 1320. The molecule has 1 saturated heterocycles. The highest BCUT2D eigenvalue weighted by atomic mass is 32.2. The van der Waals surface area contributed by atoms with E-state index in [1.54, 1.807) is 31.4 Å². The minimum absolute atomic E-state index is 0.156. The van der Waals surface area contributed by atoms with Gasteiger partial charge in [0.1, 0.15) is 17.5 Å². The highest BCUT2D eigenvalue weighted by Crippen LogP contribution is 2.40. The van der Waals surface area contributed by atoms with E-state index in [-0.39, 0.29) is 22.8 Å². The topological polar surface area (TPSA) is 151 Å². The average Bonchev–Trinajstić information content (AvgIpc) is 2.94. The fourth-order valence-corrected chi connectivity index (χ4v) is 6.70. The molecule has 0 amide bonds. The monoisotopic (exact) mass is 569 g/mol.